The predicted molar refractivity (Wildman–Crippen MR) is 32.5 cm³/mol. The van der Waals surface area contributed by atoms with E-state index >= 15 is 0 Å². The first kappa shape index (κ1) is 6.41. The Morgan fingerprint density at radius 1 is 1.71 bits per heavy atom. The highest BCUT2D eigenvalue weighted by molar-refractivity contribution is 4.93. The van der Waals surface area contributed by atoms with Crippen molar-refractivity contribution >= 4 is 0 Å². The fraction of sp³-hybridized carbons (Fsp3) is 0.333. The summed E-state index contributed by atoms with van der Waals surface area (Å²) < 4.78 is 0. The molecule has 0 aliphatic heterocycles. The molecule has 1 heteroatoms. The average Bonchev–Trinajstić information content (AvgIpc) is 1.61. The molecule has 0 atom stereocenters. The molecule has 0 unspecified atom stereocenters. The summed E-state index contributed by atoms with van der Waals surface area (Å²) in [5.41, 5.74) is 0.767. The summed E-state index contributed by atoms with van der Waals surface area (Å²) in [5, 5.41) is 2.93. The molecule has 0 saturated carbocycles. The Morgan fingerprint density at radius 2 is 2.29 bits per heavy atom. The van der Waals surface area contributed by atoms with Gasteiger partial charge in [-0.2, -0.15) is 0 Å². The van der Waals surface area contributed by atoms with E-state index in [-0.39, 0.29) is 0 Å². The maximum Gasteiger partial charge on any atom is 0.102 e. The van der Waals surface area contributed by atoms with E-state index in [0.717, 1.165) is 18.7 Å². The molecule has 1 N–H and O–H groups in total. The molecular formula is C6H11N+. The Hall–Kier alpha value is -0.590. The van der Waals surface area contributed by atoms with Crippen molar-refractivity contribution in [2.24, 2.45) is 0 Å². The lowest BCUT2D eigenvalue weighted by Gasteiger charge is -1.96. The lowest BCUT2D eigenvalue weighted by atomic mass is 10.4. The normalized spacial score (nSPS) is 8.14. The van der Waals surface area contributed by atoms with Crippen LogP contribution in [0.25, 0.3) is 0 Å². The van der Waals surface area contributed by atoms with Gasteiger partial charge in [-0.1, -0.05) is 6.58 Å². The van der Waals surface area contributed by atoms with Crippen molar-refractivity contribution in [1.29, 1.82) is 0 Å². The van der Waals surface area contributed by atoms with Gasteiger partial charge in [-0.15, -0.1) is 0 Å². The average molecular weight is 97.2 g/mol. The van der Waals surface area contributed by atoms with Gasteiger partial charge in [-0.05, 0) is 6.92 Å². The molecule has 7 heavy (non-hydrogen) atoms. The van der Waals surface area contributed by atoms with Crippen molar-refractivity contribution < 1.29 is 0 Å². The summed E-state index contributed by atoms with van der Waals surface area (Å²) in [4.78, 5) is 0. The van der Waals surface area contributed by atoms with E-state index in [9.17, 15) is 0 Å². The quantitative estimate of drug-likeness (QED) is 0.521. The van der Waals surface area contributed by atoms with Crippen LogP contribution in [-0.2, 0) is 0 Å². The molecule has 0 aromatic rings. The summed E-state index contributed by atoms with van der Waals surface area (Å²) in [6, 6.07) is 0. The number of allylic oxidation sites excluding steroid dienone is 1. The Labute approximate surface area is 45.4 Å². The highest BCUT2D eigenvalue weighted by Gasteiger charge is 1.81. The molecule has 1 radical (unpaired) electrons. The van der Waals surface area contributed by atoms with Crippen LogP contribution >= 0.6 is 0 Å². The standard InChI is InChI=1S/C6H11N/c1-4-5-7-6(2)3/h7H,1-5H2/q+1. The number of hydrogen-bond acceptors (Lipinski definition) is 1. The van der Waals surface area contributed by atoms with E-state index in [2.05, 4.69) is 25.7 Å². The minimum Gasteiger partial charge on any atom is -0.385 e. The summed E-state index contributed by atoms with van der Waals surface area (Å²) in [6.07, 6.45) is 0.883. The first-order valence-electron chi connectivity index (χ1n) is 2.31. The van der Waals surface area contributed by atoms with Gasteiger partial charge in [0.25, 0.3) is 0 Å². The predicted octanol–water partition coefficient (Wildman–Crippen LogP) is 1.15. The second-order valence-corrected chi connectivity index (χ2v) is 1.38. The minimum atomic E-state index is 0.767. The highest BCUT2D eigenvalue weighted by Crippen LogP contribution is 1.76. The van der Waals surface area contributed by atoms with E-state index in [1.165, 1.54) is 0 Å². The van der Waals surface area contributed by atoms with Crippen molar-refractivity contribution in [3.05, 3.63) is 26.1 Å². The smallest absolute Gasteiger partial charge is 0.102 e. The van der Waals surface area contributed by atoms with Crippen LogP contribution in [0.2, 0.25) is 0 Å². The molecule has 0 aromatic heterocycles. The van der Waals surface area contributed by atoms with Crippen LogP contribution in [0.15, 0.2) is 12.3 Å². The van der Waals surface area contributed by atoms with E-state index in [1.54, 1.807) is 0 Å². The minimum absolute atomic E-state index is 0.767. The number of nitrogens with one attached hydrogen (secondary N) is 1. The van der Waals surface area contributed by atoms with Gasteiger partial charge in [0.15, 0.2) is 0 Å². The first-order chi connectivity index (χ1) is 3.27. The van der Waals surface area contributed by atoms with E-state index in [1.807, 2.05) is 0 Å². The summed E-state index contributed by atoms with van der Waals surface area (Å²) in [5.74, 6) is 0. The topological polar surface area (TPSA) is 12.0 Å². The van der Waals surface area contributed by atoms with E-state index in [0.29, 0.717) is 0 Å². The fourth-order valence-electron chi connectivity index (χ4n) is 0.265. The van der Waals surface area contributed by atoms with Gasteiger partial charge in [-0.3, -0.25) is 0 Å². The lowest BCUT2D eigenvalue weighted by molar-refractivity contribution is 0.822. The molecule has 0 bridgehead atoms. The molecule has 0 spiro atoms. The van der Waals surface area contributed by atoms with Crippen LogP contribution in [-0.4, -0.2) is 6.54 Å². The summed E-state index contributed by atoms with van der Waals surface area (Å²) in [7, 11) is 0. The molecule has 0 aliphatic carbocycles. The molecule has 1 nitrogen and oxygen atoms in total. The fourth-order valence-corrected chi connectivity index (χ4v) is 0.265. The van der Waals surface area contributed by atoms with Gasteiger partial charge >= 0.3 is 0 Å². The van der Waals surface area contributed by atoms with Crippen molar-refractivity contribution in [2.45, 2.75) is 6.42 Å². The highest BCUT2D eigenvalue weighted by atomic mass is 14.9. The van der Waals surface area contributed by atoms with E-state index in [4.69, 9.17) is 0 Å². The zero-order valence-electron chi connectivity index (χ0n) is 4.54. The van der Waals surface area contributed by atoms with Gasteiger partial charge in [0.1, 0.15) is 6.42 Å². The second kappa shape index (κ2) is 3.59. The van der Waals surface area contributed by atoms with Crippen LogP contribution in [0.1, 0.15) is 6.42 Å². The van der Waals surface area contributed by atoms with Crippen molar-refractivity contribution in [3.63, 3.8) is 0 Å². The number of hydrogen-bond donors (Lipinski definition) is 1. The van der Waals surface area contributed by atoms with Gasteiger partial charge in [0, 0.05) is 5.70 Å². The number of rotatable bonds is 3. The van der Waals surface area contributed by atoms with Gasteiger partial charge in [0.2, 0.25) is 0 Å². The van der Waals surface area contributed by atoms with Crippen LogP contribution in [0.4, 0.5) is 0 Å². The van der Waals surface area contributed by atoms with Crippen LogP contribution < -0.4 is 5.32 Å². The van der Waals surface area contributed by atoms with Crippen LogP contribution in [0.5, 0.6) is 0 Å². The molecular weight excluding hydrogens is 86.1 g/mol. The molecule has 0 heterocycles. The third kappa shape index (κ3) is 5.41. The molecule has 0 aromatic carbocycles. The largest absolute Gasteiger partial charge is 0.385 e. The van der Waals surface area contributed by atoms with Crippen LogP contribution in [0, 0.1) is 13.8 Å². The van der Waals surface area contributed by atoms with Crippen LogP contribution in [0.3, 0.4) is 0 Å². The van der Waals surface area contributed by atoms with Gasteiger partial charge < -0.3 is 5.32 Å². The summed E-state index contributed by atoms with van der Waals surface area (Å²) in [6.45, 7) is 11.6. The maximum absolute atomic E-state index is 3.63. The second-order valence-electron chi connectivity index (χ2n) is 1.38. The Kier molecular flexibility index (Phi) is 3.29. The SMILES string of the molecule is [CH2]C(=C)NCC[CH2+]. The van der Waals surface area contributed by atoms with Gasteiger partial charge in [-0.25, -0.2) is 0 Å². The monoisotopic (exact) mass is 97.1 g/mol. The maximum atomic E-state index is 3.63. The molecule has 0 amide bonds. The molecule has 39 valence electrons. The van der Waals surface area contributed by atoms with Gasteiger partial charge in [0.05, 0.1) is 13.5 Å². The third-order valence-electron chi connectivity index (χ3n) is 0.552. The Bertz CT molecular complexity index is 57.2. The first-order valence-corrected chi connectivity index (χ1v) is 2.31. The molecule has 0 rings (SSSR count). The molecule has 0 aliphatic rings. The van der Waals surface area contributed by atoms with Crippen molar-refractivity contribution in [2.75, 3.05) is 6.54 Å². The Balaban J connectivity index is 2.82. The third-order valence-corrected chi connectivity index (χ3v) is 0.552. The zero-order valence-corrected chi connectivity index (χ0v) is 4.54. The van der Waals surface area contributed by atoms with Crippen molar-refractivity contribution in [3.8, 4) is 0 Å². The summed E-state index contributed by atoms with van der Waals surface area (Å²) >= 11 is 0. The molecule has 0 saturated heterocycles. The van der Waals surface area contributed by atoms with E-state index < -0.39 is 0 Å². The molecule has 0 fully saturated rings. The zero-order chi connectivity index (χ0) is 5.70. The van der Waals surface area contributed by atoms with Crippen molar-refractivity contribution in [1.82, 2.24) is 5.32 Å². The lowest BCUT2D eigenvalue weighted by Crippen LogP contribution is -2.10. The Morgan fingerprint density at radius 3 is 2.43 bits per heavy atom.